The summed E-state index contributed by atoms with van der Waals surface area (Å²) in [7, 11) is 0. The molecule has 1 aliphatic rings. The van der Waals surface area contributed by atoms with Crippen LogP contribution in [-0.4, -0.2) is 23.6 Å². The normalized spacial score (nSPS) is 20.5. The highest BCUT2D eigenvalue weighted by atomic mass is 32.1. The Kier molecular flexibility index (Phi) is 4.40. The summed E-state index contributed by atoms with van der Waals surface area (Å²) in [5.41, 5.74) is 0. The number of nitrogens with zero attached hydrogens (tertiary/aromatic N) is 2. The van der Waals surface area contributed by atoms with Crippen LogP contribution in [0.1, 0.15) is 44.9 Å². The van der Waals surface area contributed by atoms with Gasteiger partial charge in [0, 0.05) is 36.2 Å². The Hall–Kier alpha value is -0.610. The van der Waals surface area contributed by atoms with E-state index in [1.165, 1.54) is 35.8 Å². The molecule has 1 fully saturated rings. The minimum absolute atomic E-state index is 0.538. The van der Waals surface area contributed by atoms with Crippen LogP contribution in [0.5, 0.6) is 0 Å². The lowest BCUT2D eigenvalue weighted by Crippen LogP contribution is -2.28. The molecule has 0 aliphatic carbocycles. The number of aromatic nitrogens is 1. The minimum Gasteiger partial charge on any atom is -0.345 e. The molecule has 0 radical (unpaired) electrons. The van der Waals surface area contributed by atoms with Crippen molar-refractivity contribution in [3.05, 3.63) is 11.1 Å². The van der Waals surface area contributed by atoms with E-state index in [1.807, 2.05) is 17.5 Å². The van der Waals surface area contributed by atoms with Gasteiger partial charge in [-0.1, -0.05) is 20.8 Å². The Balaban J connectivity index is 1.97. The van der Waals surface area contributed by atoms with Crippen molar-refractivity contribution in [3.63, 3.8) is 0 Å². The quantitative estimate of drug-likeness (QED) is 0.874. The Labute approximate surface area is 108 Å². The van der Waals surface area contributed by atoms with Crippen LogP contribution in [0.15, 0.2) is 6.20 Å². The summed E-state index contributed by atoms with van der Waals surface area (Å²) < 4.78 is 0. The Bertz CT molecular complexity index is 348. The molecule has 17 heavy (non-hydrogen) atoms. The van der Waals surface area contributed by atoms with E-state index in [1.54, 1.807) is 0 Å². The topological polar surface area (TPSA) is 28.2 Å². The maximum atomic E-state index is 4.58. The van der Waals surface area contributed by atoms with Crippen LogP contribution in [0.2, 0.25) is 0 Å². The molecule has 1 aromatic heterocycles. The lowest BCUT2D eigenvalue weighted by Gasteiger charge is -2.22. The molecule has 1 aromatic rings. The predicted molar refractivity (Wildman–Crippen MR) is 74.7 cm³/mol. The monoisotopic (exact) mass is 253 g/mol. The van der Waals surface area contributed by atoms with Crippen LogP contribution in [0.25, 0.3) is 0 Å². The first-order valence-electron chi connectivity index (χ1n) is 6.65. The molecule has 2 heterocycles. The van der Waals surface area contributed by atoms with Crippen LogP contribution < -0.4 is 10.2 Å². The van der Waals surface area contributed by atoms with E-state index < -0.39 is 0 Å². The van der Waals surface area contributed by atoms with Crippen molar-refractivity contribution in [1.29, 1.82) is 0 Å². The van der Waals surface area contributed by atoms with Crippen molar-refractivity contribution < 1.29 is 0 Å². The summed E-state index contributed by atoms with van der Waals surface area (Å²) in [6, 6.07) is 1.25. The molecule has 1 aliphatic heterocycles. The summed E-state index contributed by atoms with van der Waals surface area (Å²) in [6.07, 6.45) is 5.91. The number of hydrogen-bond acceptors (Lipinski definition) is 4. The molecule has 96 valence electrons. The van der Waals surface area contributed by atoms with Crippen LogP contribution in [0, 0.1) is 0 Å². The highest BCUT2D eigenvalue weighted by molar-refractivity contribution is 7.15. The predicted octanol–water partition coefficient (Wildman–Crippen LogP) is 3.02. The van der Waals surface area contributed by atoms with Gasteiger partial charge in [-0.05, 0) is 19.3 Å². The maximum absolute atomic E-state index is 4.58. The molecule has 1 atom stereocenters. The van der Waals surface area contributed by atoms with Crippen LogP contribution in [0.4, 0.5) is 5.13 Å². The van der Waals surface area contributed by atoms with Crippen LogP contribution in [0.3, 0.4) is 0 Å². The molecular formula is C13H23N3S. The van der Waals surface area contributed by atoms with E-state index in [0.717, 1.165) is 6.54 Å². The molecule has 0 spiro atoms. The fourth-order valence-corrected chi connectivity index (χ4v) is 3.29. The molecule has 4 heteroatoms. The van der Waals surface area contributed by atoms with Gasteiger partial charge in [0.2, 0.25) is 0 Å². The zero-order valence-corrected chi connectivity index (χ0v) is 11.9. The number of rotatable bonds is 5. The molecule has 1 unspecified atom stereocenters. The minimum atomic E-state index is 0.538. The van der Waals surface area contributed by atoms with Crippen molar-refractivity contribution in [2.45, 2.75) is 58.7 Å². The first kappa shape index (κ1) is 12.8. The summed E-state index contributed by atoms with van der Waals surface area (Å²) in [4.78, 5) is 8.41. The summed E-state index contributed by atoms with van der Waals surface area (Å²) in [5.74, 6) is 0. The van der Waals surface area contributed by atoms with E-state index >= 15 is 0 Å². The number of hydrogen-bond donors (Lipinski definition) is 1. The van der Waals surface area contributed by atoms with E-state index in [4.69, 9.17) is 0 Å². The Morgan fingerprint density at radius 2 is 2.41 bits per heavy atom. The standard InChI is InChI=1S/C13H23N3S/c1-4-11-6-5-7-16(11)13-15-9-12(17-13)8-14-10(2)3/h9-11,14H,4-8H2,1-3H3. The molecule has 0 amide bonds. The lowest BCUT2D eigenvalue weighted by atomic mass is 10.2. The van der Waals surface area contributed by atoms with Gasteiger partial charge in [0.1, 0.15) is 0 Å². The SMILES string of the molecule is CCC1CCCN1c1ncc(CNC(C)C)s1. The second-order valence-corrected chi connectivity index (χ2v) is 6.14. The summed E-state index contributed by atoms with van der Waals surface area (Å²) in [6.45, 7) is 8.76. The lowest BCUT2D eigenvalue weighted by molar-refractivity contribution is 0.593. The van der Waals surface area contributed by atoms with Crippen molar-refractivity contribution in [1.82, 2.24) is 10.3 Å². The largest absolute Gasteiger partial charge is 0.345 e. The fraction of sp³-hybridized carbons (Fsp3) is 0.769. The molecule has 3 nitrogen and oxygen atoms in total. The highest BCUT2D eigenvalue weighted by Crippen LogP contribution is 2.30. The number of anilines is 1. The maximum Gasteiger partial charge on any atom is 0.185 e. The zero-order chi connectivity index (χ0) is 12.3. The molecule has 0 aromatic carbocycles. The molecular weight excluding hydrogens is 230 g/mol. The highest BCUT2D eigenvalue weighted by Gasteiger charge is 2.25. The van der Waals surface area contributed by atoms with E-state index in [-0.39, 0.29) is 0 Å². The van der Waals surface area contributed by atoms with Gasteiger partial charge >= 0.3 is 0 Å². The van der Waals surface area contributed by atoms with Gasteiger partial charge in [-0.25, -0.2) is 4.98 Å². The van der Waals surface area contributed by atoms with Crippen LogP contribution in [-0.2, 0) is 6.54 Å². The second kappa shape index (κ2) is 5.83. The molecule has 0 saturated carbocycles. The first-order chi connectivity index (χ1) is 8.20. The average Bonchev–Trinajstić information content (AvgIpc) is 2.94. The fourth-order valence-electron chi connectivity index (χ4n) is 2.33. The summed E-state index contributed by atoms with van der Waals surface area (Å²) >= 11 is 1.84. The van der Waals surface area contributed by atoms with Crippen molar-refractivity contribution in [3.8, 4) is 0 Å². The Morgan fingerprint density at radius 3 is 3.12 bits per heavy atom. The van der Waals surface area contributed by atoms with Crippen molar-refractivity contribution in [2.24, 2.45) is 0 Å². The third kappa shape index (κ3) is 3.19. The third-order valence-electron chi connectivity index (χ3n) is 3.32. The van der Waals surface area contributed by atoms with E-state index in [9.17, 15) is 0 Å². The third-order valence-corrected chi connectivity index (χ3v) is 4.35. The van der Waals surface area contributed by atoms with Gasteiger partial charge in [0.05, 0.1) is 0 Å². The van der Waals surface area contributed by atoms with Gasteiger partial charge in [-0.2, -0.15) is 0 Å². The van der Waals surface area contributed by atoms with E-state index in [0.29, 0.717) is 12.1 Å². The van der Waals surface area contributed by atoms with Gasteiger partial charge in [-0.15, -0.1) is 11.3 Å². The Morgan fingerprint density at radius 1 is 1.59 bits per heavy atom. The average molecular weight is 253 g/mol. The van der Waals surface area contributed by atoms with Crippen molar-refractivity contribution in [2.75, 3.05) is 11.4 Å². The molecule has 2 rings (SSSR count). The molecule has 1 saturated heterocycles. The molecule has 1 N–H and O–H groups in total. The van der Waals surface area contributed by atoms with E-state index in [2.05, 4.69) is 36.0 Å². The second-order valence-electron chi connectivity index (χ2n) is 5.04. The van der Waals surface area contributed by atoms with Gasteiger partial charge < -0.3 is 10.2 Å². The van der Waals surface area contributed by atoms with Gasteiger partial charge in [0.15, 0.2) is 5.13 Å². The van der Waals surface area contributed by atoms with Crippen LogP contribution >= 0.6 is 11.3 Å². The first-order valence-corrected chi connectivity index (χ1v) is 7.47. The number of nitrogens with one attached hydrogen (secondary N) is 1. The number of thiazole rings is 1. The zero-order valence-electron chi connectivity index (χ0n) is 11.1. The van der Waals surface area contributed by atoms with Gasteiger partial charge in [-0.3, -0.25) is 0 Å². The smallest absolute Gasteiger partial charge is 0.185 e. The van der Waals surface area contributed by atoms with Crippen molar-refractivity contribution >= 4 is 16.5 Å². The molecule has 0 bridgehead atoms. The van der Waals surface area contributed by atoms with Gasteiger partial charge in [0.25, 0.3) is 0 Å². The summed E-state index contributed by atoms with van der Waals surface area (Å²) in [5, 5.41) is 4.66.